The van der Waals surface area contributed by atoms with Gasteiger partial charge in [0.25, 0.3) is 5.91 Å². The van der Waals surface area contributed by atoms with Gasteiger partial charge in [-0.1, -0.05) is 30.3 Å². The van der Waals surface area contributed by atoms with E-state index in [9.17, 15) is 14.7 Å². The number of furan rings is 1. The van der Waals surface area contributed by atoms with Gasteiger partial charge in [0.1, 0.15) is 12.3 Å². The zero-order valence-electron chi connectivity index (χ0n) is 13.5. The van der Waals surface area contributed by atoms with E-state index in [-0.39, 0.29) is 31.4 Å². The fourth-order valence-electron chi connectivity index (χ4n) is 2.88. The normalized spacial score (nSPS) is 18.6. The van der Waals surface area contributed by atoms with Crippen LogP contribution < -0.4 is 0 Å². The second kappa shape index (κ2) is 6.88. The van der Waals surface area contributed by atoms with Crippen LogP contribution in [0.25, 0.3) is 0 Å². The largest absolute Gasteiger partial charge is 0.469 e. The summed E-state index contributed by atoms with van der Waals surface area (Å²) >= 11 is 0. The van der Waals surface area contributed by atoms with E-state index in [1.165, 1.54) is 11.2 Å². The molecule has 1 N–H and O–H groups in total. The van der Waals surface area contributed by atoms with Crippen LogP contribution in [-0.2, 0) is 11.3 Å². The zero-order valence-corrected chi connectivity index (χ0v) is 13.5. The van der Waals surface area contributed by atoms with Crippen LogP contribution in [-0.4, -0.2) is 52.5 Å². The quantitative estimate of drug-likeness (QED) is 0.925. The van der Waals surface area contributed by atoms with Crippen LogP contribution in [0.3, 0.4) is 0 Å². The molecule has 0 spiro atoms. The first-order valence-electron chi connectivity index (χ1n) is 7.87. The van der Waals surface area contributed by atoms with Gasteiger partial charge in [0.2, 0.25) is 5.91 Å². The van der Waals surface area contributed by atoms with Gasteiger partial charge in [-0.25, -0.2) is 0 Å². The summed E-state index contributed by atoms with van der Waals surface area (Å²) in [6, 6.07) is 11.2. The molecule has 3 rings (SSSR count). The van der Waals surface area contributed by atoms with Crippen LogP contribution in [0, 0.1) is 6.92 Å². The van der Waals surface area contributed by atoms with Gasteiger partial charge in [-0.3, -0.25) is 9.59 Å². The third kappa shape index (κ3) is 3.49. The van der Waals surface area contributed by atoms with Gasteiger partial charge in [-0.15, -0.1) is 0 Å². The molecular weight excluding hydrogens is 308 g/mol. The summed E-state index contributed by atoms with van der Waals surface area (Å²) in [4.78, 5) is 28.1. The number of benzene rings is 1. The summed E-state index contributed by atoms with van der Waals surface area (Å²) in [6.45, 7) is 2.41. The number of amides is 2. The van der Waals surface area contributed by atoms with E-state index in [0.29, 0.717) is 17.9 Å². The summed E-state index contributed by atoms with van der Waals surface area (Å²) in [5.74, 6) is 0.0347. The highest BCUT2D eigenvalue weighted by Gasteiger charge is 2.30. The highest BCUT2D eigenvalue weighted by atomic mass is 16.3. The molecule has 2 amide bonds. The summed E-state index contributed by atoms with van der Waals surface area (Å²) in [5, 5.41) is 10.2. The Morgan fingerprint density at radius 1 is 1.25 bits per heavy atom. The summed E-state index contributed by atoms with van der Waals surface area (Å²) in [6.07, 6.45) is 0.664. The van der Waals surface area contributed by atoms with Crippen LogP contribution in [0.2, 0.25) is 0 Å². The minimum atomic E-state index is -0.781. The Kier molecular flexibility index (Phi) is 4.66. The Morgan fingerprint density at radius 3 is 2.67 bits per heavy atom. The minimum Gasteiger partial charge on any atom is -0.469 e. The lowest BCUT2D eigenvalue weighted by atomic mass is 10.2. The maximum absolute atomic E-state index is 12.6. The van der Waals surface area contributed by atoms with Crippen LogP contribution in [0.1, 0.15) is 21.7 Å². The molecule has 0 radical (unpaired) electrons. The smallest absolute Gasteiger partial charge is 0.257 e. The Hall–Kier alpha value is -2.60. The maximum atomic E-state index is 12.6. The number of hydrogen-bond donors (Lipinski definition) is 1. The van der Waals surface area contributed by atoms with Crippen LogP contribution in [0.15, 0.2) is 47.1 Å². The standard InChI is InChI=1S/C18H20N2O4/c1-13-16(7-8-24-13)18(23)20-11-15(21)10-19(17(22)12-20)9-14-5-3-2-4-6-14/h2-8,15,21H,9-12H2,1H3. The van der Waals surface area contributed by atoms with Gasteiger partial charge >= 0.3 is 0 Å². The topological polar surface area (TPSA) is 74.0 Å². The molecule has 1 fully saturated rings. The van der Waals surface area contributed by atoms with E-state index in [4.69, 9.17) is 4.42 Å². The summed E-state index contributed by atoms with van der Waals surface area (Å²) in [5.41, 5.74) is 1.41. The molecule has 1 saturated heterocycles. The first kappa shape index (κ1) is 16.3. The van der Waals surface area contributed by atoms with Crippen molar-refractivity contribution in [2.75, 3.05) is 19.6 Å². The minimum absolute atomic E-state index is 0.0483. The summed E-state index contributed by atoms with van der Waals surface area (Å²) in [7, 11) is 0. The number of rotatable bonds is 3. The van der Waals surface area contributed by atoms with Crippen LogP contribution >= 0.6 is 0 Å². The van der Waals surface area contributed by atoms with Crippen LogP contribution in [0.5, 0.6) is 0 Å². The number of carbonyl (C=O) groups excluding carboxylic acids is 2. The highest BCUT2D eigenvalue weighted by molar-refractivity contribution is 5.97. The second-order valence-corrected chi connectivity index (χ2v) is 5.99. The van der Waals surface area contributed by atoms with Gasteiger partial charge in [-0.2, -0.15) is 0 Å². The molecule has 24 heavy (non-hydrogen) atoms. The SMILES string of the molecule is Cc1occc1C(=O)N1CC(=O)N(Cc2ccccc2)CC(O)C1. The maximum Gasteiger partial charge on any atom is 0.257 e. The molecule has 1 aromatic heterocycles. The van der Waals surface area contributed by atoms with Crippen molar-refractivity contribution in [1.29, 1.82) is 0 Å². The molecule has 1 aliphatic heterocycles. The number of hydrogen-bond acceptors (Lipinski definition) is 4. The van der Waals surface area contributed by atoms with Crippen molar-refractivity contribution in [3.8, 4) is 0 Å². The van der Waals surface area contributed by atoms with Crippen molar-refractivity contribution in [3.63, 3.8) is 0 Å². The Bertz CT molecular complexity index is 726. The lowest BCUT2D eigenvalue weighted by molar-refractivity contribution is -0.131. The zero-order chi connectivity index (χ0) is 17.1. The first-order valence-corrected chi connectivity index (χ1v) is 7.87. The fraction of sp³-hybridized carbons (Fsp3) is 0.333. The molecule has 2 aromatic rings. The Balaban J connectivity index is 1.74. The van der Waals surface area contributed by atoms with E-state index in [2.05, 4.69) is 0 Å². The molecule has 2 heterocycles. The van der Waals surface area contributed by atoms with Crippen molar-refractivity contribution in [2.24, 2.45) is 0 Å². The van der Waals surface area contributed by atoms with Crippen molar-refractivity contribution in [1.82, 2.24) is 9.80 Å². The lowest BCUT2D eigenvalue weighted by Gasteiger charge is -2.21. The highest BCUT2D eigenvalue weighted by Crippen LogP contribution is 2.16. The average molecular weight is 328 g/mol. The molecule has 126 valence electrons. The number of aliphatic hydroxyl groups excluding tert-OH is 1. The molecule has 0 saturated carbocycles. The van der Waals surface area contributed by atoms with E-state index in [1.807, 2.05) is 30.3 Å². The molecule has 1 aliphatic rings. The predicted octanol–water partition coefficient (Wildman–Crippen LogP) is 1.43. The number of nitrogens with zero attached hydrogens (tertiary/aromatic N) is 2. The van der Waals surface area contributed by atoms with Crippen molar-refractivity contribution in [2.45, 2.75) is 19.6 Å². The van der Waals surface area contributed by atoms with Gasteiger partial charge in [0.05, 0.1) is 17.9 Å². The summed E-state index contributed by atoms with van der Waals surface area (Å²) < 4.78 is 5.16. The molecular formula is C18H20N2O4. The molecule has 0 bridgehead atoms. The molecule has 6 nitrogen and oxygen atoms in total. The number of aliphatic hydroxyl groups is 1. The van der Waals surface area contributed by atoms with Gasteiger partial charge in [0, 0.05) is 19.6 Å². The van der Waals surface area contributed by atoms with Crippen molar-refractivity contribution in [3.05, 3.63) is 59.5 Å². The lowest BCUT2D eigenvalue weighted by Crippen LogP contribution is -2.39. The third-order valence-electron chi connectivity index (χ3n) is 4.13. The van der Waals surface area contributed by atoms with E-state index < -0.39 is 6.10 Å². The molecule has 1 aromatic carbocycles. The molecule has 1 unspecified atom stereocenters. The third-order valence-corrected chi connectivity index (χ3v) is 4.13. The number of carbonyl (C=O) groups is 2. The van der Waals surface area contributed by atoms with Gasteiger partial charge in [0.15, 0.2) is 0 Å². The van der Waals surface area contributed by atoms with Crippen molar-refractivity contribution < 1.29 is 19.1 Å². The second-order valence-electron chi connectivity index (χ2n) is 5.99. The van der Waals surface area contributed by atoms with E-state index >= 15 is 0 Å². The fourth-order valence-corrected chi connectivity index (χ4v) is 2.88. The van der Waals surface area contributed by atoms with Gasteiger partial charge in [-0.05, 0) is 18.6 Å². The predicted molar refractivity (Wildman–Crippen MR) is 87.2 cm³/mol. The molecule has 1 atom stereocenters. The van der Waals surface area contributed by atoms with Crippen molar-refractivity contribution >= 4 is 11.8 Å². The number of aryl methyl sites for hydroxylation is 1. The molecule has 6 heteroatoms. The van der Waals surface area contributed by atoms with Gasteiger partial charge < -0.3 is 19.3 Å². The average Bonchev–Trinajstić information content (AvgIpc) is 2.93. The van der Waals surface area contributed by atoms with Crippen LogP contribution in [0.4, 0.5) is 0 Å². The first-order chi connectivity index (χ1) is 11.5. The monoisotopic (exact) mass is 328 g/mol. The molecule has 0 aliphatic carbocycles. The number of β-amino-alcohol motifs (C(OH)–C–C–N with tert-alkyl or cyclic N) is 1. The Morgan fingerprint density at radius 2 is 2.00 bits per heavy atom. The van der Waals surface area contributed by atoms with E-state index in [0.717, 1.165) is 5.56 Å². The van der Waals surface area contributed by atoms with E-state index in [1.54, 1.807) is 17.9 Å². The Labute approximate surface area is 140 Å².